The highest BCUT2D eigenvalue weighted by atomic mass is 32.2. The van der Waals surface area contributed by atoms with Crippen molar-refractivity contribution < 1.29 is 23.4 Å². The summed E-state index contributed by atoms with van der Waals surface area (Å²) in [5.41, 5.74) is 4.33. The summed E-state index contributed by atoms with van der Waals surface area (Å²) in [5, 5.41) is 0.00382. The molecule has 0 spiro atoms. The summed E-state index contributed by atoms with van der Waals surface area (Å²) in [6.07, 6.45) is 0. The number of methoxy groups -OCH3 is 3. The Morgan fingerprint density at radius 2 is 1.55 bits per heavy atom. The summed E-state index contributed by atoms with van der Waals surface area (Å²) in [6, 6.07) is 20.5. The van der Waals surface area contributed by atoms with Crippen LogP contribution >= 0.6 is 11.8 Å². The summed E-state index contributed by atoms with van der Waals surface area (Å²) >= 11 is 1.81. The van der Waals surface area contributed by atoms with Gasteiger partial charge in [0.15, 0.2) is 11.5 Å². The maximum Gasteiger partial charge on any atom is 0.250 e. The SMILES string of the molecule is COc1ccc2c(c1)OCC(c1ccc(OC)c(OC)c1O[Si](C)(C)C(C)(C)C)=C2SCc1ccccc1. The Balaban J connectivity index is 1.92. The molecule has 0 atom stereocenters. The van der Waals surface area contributed by atoms with Gasteiger partial charge in [0.1, 0.15) is 18.1 Å². The zero-order valence-corrected chi connectivity index (χ0v) is 25.5. The lowest BCUT2D eigenvalue weighted by molar-refractivity contribution is 0.338. The fourth-order valence-electron chi connectivity index (χ4n) is 4.06. The van der Waals surface area contributed by atoms with Gasteiger partial charge in [-0.15, -0.1) is 11.8 Å². The van der Waals surface area contributed by atoms with E-state index in [1.807, 2.05) is 36.0 Å². The zero-order valence-electron chi connectivity index (χ0n) is 23.6. The Labute approximate surface area is 232 Å². The minimum Gasteiger partial charge on any atom is -0.541 e. The van der Waals surface area contributed by atoms with Crippen molar-refractivity contribution in [2.75, 3.05) is 27.9 Å². The number of thioether (sulfide) groups is 1. The van der Waals surface area contributed by atoms with Crippen molar-refractivity contribution in [1.82, 2.24) is 0 Å². The topological polar surface area (TPSA) is 46.2 Å². The summed E-state index contributed by atoms with van der Waals surface area (Å²) in [5.74, 6) is 4.38. The fraction of sp³-hybridized carbons (Fsp3) is 0.355. The molecule has 4 rings (SSSR count). The summed E-state index contributed by atoms with van der Waals surface area (Å²) in [4.78, 5) is 1.16. The third kappa shape index (κ3) is 5.69. The van der Waals surface area contributed by atoms with Gasteiger partial charge in [0.2, 0.25) is 5.75 Å². The highest BCUT2D eigenvalue weighted by molar-refractivity contribution is 8.07. The lowest BCUT2D eigenvalue weighted by Crippen LogP contribution is -2.44. The van der Waals surface area contributed by atoms with Crippen molar-refractivity contribution >= 4 is 30.6 Å². The maximum absolute atomic E-state index is 6.97. The van der Waals surface area contributed by atoms with Crippen LogP contribution in [0.15, 0.2) is 60.7 Å². The van der Waals surface area contributed by atoms with Gasteiger partial charge in [-0.25, -0.2) is 0 Å². The molecule has 38 heavy (non-hydrogen) atoms. The highest BCUT2D eigenvalue weighted by Gasteiger charge is 2.41. The number of fused-ring (bicyclic) bond motifs is 1. The Morgan fingerprint density at radius 3 is 2.18 bits per heavy atom. The Morgan fingerprint density at radius 1 is 0.842 bits per heavy atom. The van der Waals surface area contributed by atoms with Crippen LogP contribution in [0.2, 0.25) is 18.1 Å². The molecule has 0 fully saturated rings. The number of rotatable bonds is 9. The van der Waals surface area contributed by atoms with Crippen LogP contribution in [0.4, 0.5) is 0 Å². The van der Waals surface area contributed by atoms with Gasteiger partial charge in [0.25, 0.3) is 8.32 Å². The number of hydrogen-bond acceptors (Lipinski definition) is 6. The molecule has 0 aromatic heterocycles. The van der Waals surface area contributed by atoms with Gasteiger partial charge >= 0.3 is 0 Å². The Kier molecular flexibility index (Phi) is 8.38. The molecule has 202 valence electrons. The number of benzene rings is 3. The van der Waals surface area contributed by atoms with Crippen LogP contribution in [0.1, 0.15) is 37.5 Å². The highest BCUT2D eigenvalue weighted by Crippen LogP contribution is 2.52. The van der Waals surface area contributed by atoms with Crippen molar-refractivity contribution in [3.05, 3.63) is 77.4 Å². The number of hydrogen-bond donors (Lipinski definition) is 0. The van der Waals surface area contributed by atoms with E-state index in [9.17, 15) is 0 Å². The Bertz CT molecular complexity index is 1310. The van der Waals surface area contributed by atoms with Crippen LogP contribution in [0.3, 0.4) is 0 Å². The minimum absolute atomic E-state index is 0.00382. The van der Waals surface area contributed by atoms with E-state index < -0.39 is 8.32 Å². The molecule has 0 unspecified atom stereocenters. The molecule has 3 aromatic rings. The molecule has 0 aliphatic carbocycles. The molecule has 3 aromatic carbocycles. The van der Waals surface area contributed by atoms with Crippen molar-refractivity contribution in [3.8, 4) is 28.7 Å². The molecule has 1 aliphatic rings. The lowest BCUT2D eigenvalue weighted by atomic mass is 9.99. The molecule has 0 N–H and O–H groups in total. The first-order valence-corrected chi connectivity index (χ1v) is 16.6. The third-order valence-electron chi connectivity index (χ3n) is 7.29. The third-order valence-corrected chi connectivity index (χ3v) is 12.9. The maximum atomic E-state index is 6.97. The molecule has 1 heterocycles. The first kappa shape index (κ1) is 28.0. The lowest BCUT2D eigenvalue weighted by Gasteiger charge is -2.38. The van der Waals surface area contributed by atoms with Gasteiger partial charge in [-0.05, 0) is 48.0 Å². The largest absolute Gasteiger partial charge is 0.541 e. The average molecular weight is 551 g/mol. The van der Waals surface area contributed by atoms with E-state index in [-0.39, 0.29) is 5.04 Å². The predicted molar refractivity (Wildman–Crippen MR) is 160 cm³/mol. The molecular formula is C31H38O5SSi. The van der Waals surface area contributed by atoms with Crippen LogP contribution in [0.5, 0.6) is 28.7 Å². The van der Waals surface area contributed by atoms with E-state index in [0.29, 0.717) is 23.9 Å². The van der Waals surface area contributed by atoms with Crippen LogP contribution < -0.4 is 23.4 Å². The van der Waals surface area contributed by atoms with Gasteiger partial charge in [-0.1, -0.05) is 51.1 Å². The van der Waals surface area contributed by atoms with Crippen molar-refractivity contribution in [3.63, 3.8) is 0 Å². The summed E-state index contributed by atoms with van der Waals surface area (Å²) < 4.78 is 30.3. The Hall–Kier alpha value is -3.03. The molecular weight excluding hydrogens is 512 g/mol. The number of ether oxygens (including phenoxy) is 4. The van der Waals surface area contributed by atoms with E-state index >= 15 is 0 Å². The minimum atomic E-state index is -2.22. The second kappa shape index (κ2) is 11.4. The average Bonchev–Trinajstić information content (AvgIpc) is 2.90. The van der Waals surface area contributed by atoms with Crippen LogP contribution in [-0.2, 0) is 5.75 Å². The fourth-order valence-corrected chi connectivity index (χ4v) is 6.25. The summed E-state index contributed by atoms with van der Waals surface area (Å²) in [7, 11) is 2.77. The first-order chi connectivity index (χ1) is 18.1. The van der Waals surface area contributed by atoms with Crippen molar-refractivity contribution in [2.24, 2.45) is 0 Å². The molecule has 5 nitrogen and oxygen atoms in total. The van der Waals surface area contributed by atoms with Gasteiger partial charge < -0.3 is 23.4 Å². The molecule has 0 bridgehead atoms. The molecule has 0 saturated heterocycles. The normalized spacial score (nSPS) is 13.5. The second-order valence-corrected chi connectivity index (χ2v) is 16.5. The van der Waals surface area contributed by atoms with Gasteiger partial charge in [-0.3, -0.25) is 0 Å². The van der Waals surface area contributed by atoms with Gasteiger partial charge in [0, 0.05) is 33.4 Å². The molecule has 7 heteroatoms. The molecule has 1 aliphatic heterocycles. The second-order valence-electron chi connectivity index (χ2n) is 10.8. The molecule has 0 radical (unpaired) electrons. The monoisotopic (exact) mass is 550 g/mol. The van der Waals surface area contributed by atoms with E-state index in [2.05, 4.69) is 70.3 Å². The van der Waals surface area contributed by atoms with Gasteiger partial charge in [0.05, 0.1) is 21.3 Å². The first-order valence-electron chi connectivity index (χ1n) is 12.7. The van der Waals surface area contributed by atoms with E-state index in [1.54, 1.807) is 21.3 Å². The van der Waals surface area contributed by atoms with Gasteiger partial charge in [-0.2, -0.15) is 0 Å². The van der Waals surface area contributed by atoms with E-state index in [4.69, 9.17) is 23.4 Å². The van der Waals surface area contributed by atoms with Crippen LogP contribution in [0.25, 0.3) is 10.5 Å². The van der Waals surface area contributed by atoms with Crippen molar-refractivity contribution in [2.45, 2.75) is 44.7 Å². The predicted octanol–water partition coefficient (Wildman–Crippen LogP) is 8.29. The quantitative estimate of drug-likeness (QED) is 0.250. The van der Waals surface area contributed by atoms with Crippen molar-refractivity contribution in [1.29, 1.82) is 0 Å². The standard InChI is InChI=1S/C31H38O5SSi/c1-31(2,3)38(7,8)36-28-23(16-17-26(33-5)29(28)34-6)25-19-35-27-18-22(32-4)14-15-24(27)30(25)37-20-21-12-10-9-11-13-21/h9-18H,19-20H2,1-8H3. The smallest absolute Gasteiger partial charge is 0.250 e. The molecule has 0 amide bonds. The van der Waals surface area contributed by atoms with Crippen LogP contribution in [0, 0.1) is 0 Å². The molecule has 0 saturated carbocycles. The van der Waals surface area contributed by atoms with Crippen LogP contribution in [-0.4, -0.2) is 36.3 Å². The van der Waals surface area contributed by atoms with E-state index in [1.165, 1.54) is 5.56 Å². The summed E-state index contributed by atoms with van der Waals surface area (Å²) in [6.45, 7) is 11.6. The zero-order chi connectivity index (χ0) is 27.5. The van der Waals surface area contributed by atoms with E-state index in [0.717, 1.165) is 38.9 Å².